The number of benzene rings is 2. The minimum atomic E-state index is -0.932. The van der Waals surface area contributed by atoms with Gasteiger partial charge in [-0.25, -0.2) is 4.79 Å². The number of fused-ring (bicyclic) bond motifs is 1. The predicted molar refractivity (Wildman–Crippen MR) is 93.9 cm³/mol. The number of hydrogen-bond donors (Lipinski definition) is 1. The molecule has 8 heteroatoms. The molecule has 3 rings (SSSR count). The van der Waals surface area contributed by atoms with Gasteiger partial charge in [-0.2, -0.15) is 0 Å². The van der Waals surface area contributed by atoms with Crippen molar-refractivity contribution in [1.82, 2.24) is 0 Å². The zero-order valence-electron chi connectivity index (χ0n) is 13.9. The van der Waals surface area contributed by atoms with E-state index in [-0.39, 0.29) is 6.61 Å². The summed E-state index contributed by atoms with van der Waals surface area (Å²) in [7, 11) is 1.47. The van der Waals surface area contributed by atoms with E-state index < -0.39 is 24.6 Å². The van der Waals surface area contributed by atoms with Gasteiger partial charge in [0.05, 0.1) is 12.8 Å². The third-order valence-corrected chi connectivity index (χ3v) is 3.79. The van der Waals surface area contributed by atoms with Gasteiger partial charge in [0.2, 0.25) is 6.10 Å². The van der Waals surface area contributed by atoms with Gasteiger partial charge in [0.15, 0.2) is 18.1 Å². The number of anilines is 1. The first-order valence-corrected chi connectivity index (χ1v) is 8.13. The Morgan fingerprint density at radius 1 is 1.23 bits per heavy atom. The van der Waals surface area contributed by atoms with Gasteiger partial charge >= 0.3 is 5.97 Å². The molecule has 0 unspecified atom stereocenters. The molecule has 0 saturated carbocycles. The molecular weight excluding hydrogens is 362 g/mol. The number of methoxy groups -OCH3 is 1. The fourth-order valence-corrected chi connectivity index (χ4v) is 2.50. The number of rotatable bonds is 5. The molecule has 1 atom stereocenters. The average Bonchev–Trinajstić information content (AvgIpc) is 2.66. The summed E-state index contributed by atoms with van der Waals surface area (Å²) in [5.74, 6) is 0.231. The third-order valence-electron chi connectivity index (χ3n) is 3.55. The summed E-state index contributed by atoms with van der Waals surface area (Å²) in [6, 6.07) is 11.8. The van der Waals surface area contributed by atoms with Crippen molar-refractivity contribution in [2.45, 2.75) is 6.10 Å². The van der Waals surface area contributed by atoms with Crippen LogP contribution in [-0.4, -0.2) is 38.3 Å². The fourth-order valence-electron chi connectivity index (χ4n) is 2.33. The Balaban J connectivity index is 1.54. The molecule has 1 N–H and O–H groups in total. The molecule has 26 heavy (non-hydrogen) atoms. The lowest BCUT2D eigenvalue weighted by Crippen LogP contribution is -2.39. The van der Waals surface area contributed by atoms with Gasteiger partial charge in [-0.3, -0.25) is 4.79 Å². The van der Waals surface area contributed by atoms with E-state index in [2.05, 4.69) is 5.32 Å². The van der Waals surface area contributed by atoms with Crippen molar-refractivity contribution in [3.63, 3.8) is 0 Å². The van der Waals surface area contributed by atoms with Gasteiger partial charge < -0.3 is 24.3 Å². The lowest BCUT2D eigenvalue weighted by molar-refractivity contribution is -0.156. The van der Waals surface area contributed by atoms with E-state index in [4.69, 9.17) is 30.5 Å². The van der Waals surface area contributed by atoms with Crippen molar-refractivity contribution in [1.29, 1.82) is 0 Å². The van der Waals surface area contributed by atoms with Crippen molar-refractivity contribution in [3.8, 4) is 17.2 Å². The lowest BCUT2D eigenvalue weighted by atomic mass is 10.2. The molecule has 0 aromatic heterocycles. The second-order valence-electron chi connectivity index (χ2n) is 5.36. The lowest BCUT2D eigenvalue weighted by Gasteiger charge is -2.24. The average molecular weight is 378 g/mol. The Hall–Kier alpha value is -2.93. The molecule has 0 saturated heterocycles. The monoisotopic (exact) mass is 377 g/mol. The summed E-state index contributed by atoms with van der Waals surface area (Å²) in [5, 5.41) is 3.01. The van der Waals surface area contributed by atoms with Crippen molar-refractivity contribution in [2.24, 2.45) is 0 Å². The molecule has 0 bridgehead atoms. The van der Waals surface area contributed by atoms with Crippen LogP contribution in [0.4, 0.5) is 5.69 Å². The first kappa shape index (κ1) is 17.9. The van der Waals surface area contributed by atoms with E-state index in [1.54, 1.807) is 36.4 Å². The van der Waals surface area contributed by atoms with Crippen LogP contribution in [0.1, 0.15) is 0 Å². The Kier molecular flexibility index (Phi) is 5.48. The highest BCUT2D eigenvalue weighted by atomic mass is 35.5. The maximum atomic E-state index is 12.1. The molecule has 0 spiro atoms. The van der Waals surface area contributed by atoms with Crippen LogP contribution in [0.2, 0.25) is 5.02 Å². The van der Waals surface area contributed by atoms with Crippen LogP contribution in [-0.2, 0) is 14.3 Å². The van der Waals surface area contributed by atoms with Crippen LogP contribution >= 0.6 is 11.6 Å². The van der Waals surface area contributed by atoms with Crippen molar-refractivity contribution < 1.29 is 28.5 Å². The van der Waals surface area contributed by atoms with Crippen LogP contribution in [0.15, 0.2) is 42.5 Å². The highest BCUT2D eigenvalue weighted by Crippen LogP contribution is 2.31. The summed E-state index contributed by atoms with van der Waals surface area (Å²) in [6.07, 6.45) is -0.932. The summed E-state index contributed by atoms with van der Waals surface area (Å²) >= 11 is 5.90. The van der Waals surface area contributed by atoms with E-state index in [1.807, 2.05) is 0 Å². The number of carbonyl (C=O) groups excluding carboxylic acids is 2. The molecule has 1 amide bonds. The topological polar surface area (TPSA) is 83.1 Å². The van der Waals surface area contributed by atoms with Crippen molar-refractivity contribution in [2.75, 3.05) is 25.6 Å². The highest BCUT2D eigenvalue weighted by Gasteiger charge is 2.29. The first-order chi connectivity index (χ1) is 12.6. The highest BCUT2D eigenvalue weighted by molar-refractivity contribution is 6.31. The first-order valence-electron chi connectivity index (χ1n) is 7.75. The van der Waals surface area contributed by atoms with Gasteiger partial charge in [0.1, 0.15) is 12.4 Å². The zero-order valence-corrected chi connectivity index (χ0v) is 14.6. The second-order valence-corrected chi connectivity index (χ2v) is 5.80. The van der Waals surface area contributed by atoms with Crippen LogP contribution in [0.3, 0.4) is 0 Å². The normalized spacial score (nSPS) is 15.1. The number of para-hydroxylation sites is 2. The van der Waals surface area contributed by atoms with E-state index in [0.29, 0.717) is 28.0 Å². The largest absolute Gasteiger partial charge is 0.495 e. The maximum Gasteiger partial charge on any atom is 0.351 e. The molecule has 0 aliphatic carbocycles. The van der Waals surface area contributed by atoms with Crippen LogP contribution in [0.5, 0.6) is 17.2 Å². The smallest absolute Gasteiger partial charge is 0.351 e. The van der Waals surface area contributed by atoms with Gasteiger partial charge in [-0.05, 0) is 30.3 Å². The molecule has 2 aromatic rings. The molecule has 2 aromatic carbocycles. The number of ether oxygens (including phenoxy) is 4. The minimum Gasteiger partial charge on any atom is -0.495 e. The molecule has 0 fully saturated rings. The van der Waals surface area contributed by atoms with E-state index >= 15 is 0 Å². The third kappa shape index (κ3) is 4.18. The Bertz CT molecular complexity index is 825. The molecule has 7 nitrogen and oxygen atoms in total. The molecule has 1 heterocycles. The number of carbonyl (C=O) groups is 2. The minimum absolute atomic E-state index is 0.0135. The molecule has 1 aliphatic rings. The summed E-state index contributed by atoms with van der Waals surface area (Å²) in [5.41, 5.74) is 0.382. The van der Waals surface area contributed by atoms with Gasteiger partial charge in [0, 0.05) is 5.02 Å². The molecule has 1 aliphatic heterocycles. The van der Waals surface area contributed by atoms with E-state index in [0.717, 1.165) is 0 Å². The summed E-state index contributed by atoms with van der Waals surface area (Å²) in [4.78, 5) is 24.1. The molecule has 136 valence electrons. The van der Waals surface area contributed by atoms with Gasteiger partial charge in [-0.1, -0.05) is 23.7 Å². The van der Waals surface area contributed by atoms with E-state index in [1.165, 1.54) is 13.2 Å². The van der Waals surface area contributed by atoms with Crippen LogP contribution < -0.4 is 19.5 Å². The zero-order chi connectivity index (χ0) is 18.5. The Labute approximate surface area is 154 Å². The number of nitrogens with one attached hydrogen (secondary N) is 1. The number of esters is 1. The Morgan fingerprint density at radius 2 is 2.00 bits per heavy atom. The van der Waals surface area contributed by atoms with Crippen molar-refractivity contribution >= 4 is 29.2 Å². The van der Waals surface area contributed by atoms with Gasteiger partial charge in [-0.15, -0.1) is 0 Å². The van der Waals surface area contributed by atoms with Crippen LogP contribution in [0.25, 0.3) is 0 Å². The predicted octanol–water partition coefficient (Wildman–Crippen LogP) is 2.67. The number of hydrogen-bond acceptors (Lipinski definition) is 6. The number of amides is 1. The SMILES string of the molecule is COc1ccc(Cl)cc1NC(=O)COC(=O)[C@@H]1COc2ccccc2O1. The fraction of sp³-hybridized carbons (Fsp3) is 0.222. The molecular formula is C18H16ClNO6. The standard InChI is InChI=1S/C18H16ClNO6/c1-23-13-7-6-11(19)8-12(13)20-17(21)10-25-18(22)16-9-24-14-4-2-3-5-15(14)26-16/h2-8,16H,9-10H2,1H3,(H,20,21)/t16-/m0/s1. The quantitative estimate of drug-likeness (QED) is 0.806. The van der Waals surface area contributed by atoms with E-state index in [9.17, 15) is 9.59 Å². The molecule has 0 radical (unpaired) electrons. The maximum absolute atomic E-state index is 12.1. The number of halogens is 1. The second kappa shape index (κ2) is 7.97. The van der Waals surface area contributed by atoms with Crippen molar-refractivity contribution in [3.05, 3.63) is 47.5 Å². The Morgan fingerprint density at radius 3 is 2.77 bits per heavy atom. The van der Waals surface area contributed by atoms with Gasteiger partial charge in [0.25, 0.3) is 5.91 Å². The summed E-state index contributed by atoms with van der Waals surface area (Å²) < 4.78 is 21.1. The van der Waals surface area contributed by atoms with Crippen LogP contribution in [0, 0.1) is 0 Å². The summed E-state index contributed by atoms with van der Waals surface area (Å²) in [6.45, 7) is -0.463.